The predicted octanol–water partition coefficient (Wildman–Crippen LogP) is 0.794. The number of sulfonamides is 1. The quantitative estimate of drug-likeness (QED) is 0.845. The molecule has 0 radical (unpaired) electrons. The van der Waals surface area contributed by atoms with Gasteiger partial charge in [-0.05, 0) is 25.0 Å². The molecule has 1 heterocycles. The molecule has 0 spiro atoms. The molecule has 8 heteroatoms. The Morgan fingerprint density at radius 2 is 1.74 bits per heavy atom. The van der Waals surface area contributed by atoms with Gasteiger partial charge < -0.3 is 15.0 Å². The first-order chi connectivity index (χ1) is 10.7. The van der Waals surface area contributed by atoms with Crippen molar-refractivity contribution in [2.75, 3.05) is 13.1 Å². The van der Waals surface area contributed by atoms with Crippen molar-refractivity contribution in [3.05, 3.63) is 35.4 Å². The van der Waals surface area contributed by atoms with Gasteiger partial charge in [-0.2, -0.15) is 0 Å². The van der Waals surface area contributed by atoms with Gasteiger partial charge in [0.05, 0.1) is 18.0 Å². The number of benzene rings is 1. The van der Waals surface area contributed by atoms with Crippen molar-refractivity contribution in [2.24, 2.45) is 5.14 Å². The lowest BCUT2D eigenvalue weighted by Gasteiger charge is -2.35. The van der Waals surface area contributed by atoms with Gasteiger partial charge in [0.25, 0.3) is 0 Å². The zero-order valence-electron chi connectivity index (χ0n) is 13.4. The van der Waals surface area contributed by atoms with Crippen LogP contribution in [0.1, 0.15) is 25.0 Å². The van der Waals surface area contributed by atoms with E-state index >= 15 is 0 Å². The molecule has 0 aliphatic carbocycles. The molecule has 1 aliphatic rings. The van der Waals surface area contributed by atoms with Crippen LogP contribution in [0, 0.1) is 0 Å². The van der Waals surface area contributed by atoms with E-state index < -0.39 is 10.0 Å². The molecule has 2 atom stereocenters. The first-order valence-electron chi connectivity index (χ1n) is 7.49. The number of morpholine rings is 1. The zero-order chi connectivity index (χ0) is 17.0. The van der Waals surface area contributed by atoms with E-state index in [2.05, 4.69) is 5.32 Å². The summed E-state index contributed by atoms with van der Waals surface area (Å²) in [6.07, 6.45) is 0.0593. The van der Waals surface area contributed by atoms with Crippen LogP contribution in [-0.2, 0) is 27.1 Å². The molecule has 1 aromatic carbocycles. The Hall–Kier alpha value is -1.64. The van der Waals surface area contributed by atoms with E-state index in [9.17, 15) is 13.2 Å². The first-order valence-corrected chi connectivity index (χ1v) is 9.21. The maximum absolute atomic E-state index is 12.2. The summed E-state index contributed by atoms with van der Waals surface area (Å²) in [5.41, 5.74) is 1.52. The van der Waals surface area contributed by atoms with E-state index in [0.717, 1.165) is 5.56 Å². The van der Waals surface area contributed by atoms with Crippen LogP contribution in [0.4, 0.5) is 4.79 Å². The first kappa shape index (κ1) is 17.7. The van der Waals surface area contributed by atoms with Crippen molar-refractivity contribution in [1.29, 1.82) is 0 Å². The number of ether oxygens (including phenoxy) is 1. The number of hydrogen-bond donors (Lipinski definition) is 2. The molecular weight excluding hydrogens is 318 g/mol. The minimum absolute atomic E-state index is 0.0296. The van der Waals surface area contributed by atoms with E-state index in [1.165, 1.54) is 0 Å². The van der Waals surface area contributed by atoms with E-state index in [1.54, 1.807) is 29.2 Å². The molecule has 128 valence electrons. The minimum Gasteiger partial charge on any atom is -0.372 e. The fraction of sp³-hybridized carbons (Fsp3) is 0.533. The molecule has 0 bridgehead atoms. The molecule has 0 aromatic heterocycles. The smallest absolute Gasteiger partial charge is 0.317 e. The van der Waals surface area contributed by atoms with Gasteiger partial charge in [0.15, 0.2) is 0 Å². The minimum atomic E-state index is -3.53. The lowest BCUT2D eigenvalue weighted by atomic mass is 10.1. The Morgan fingerprint density at radius 1 is 1.22 bits per heavy atom. The molecule has 3 N–H and O–H groups in total. The highest BCUT2D eigenvalue weighted by atomic mass is 32.2. The third-order valence-electron chi connectivity index (χ3n) is 3.54. The summed E-state index contributed by atoms with van der Waals surface area (Å²) in [7, 11) is -3.53. The van der Waals surface area contributed by atoms with Gasteiger partial charge >= 0.3 is 6.03 Å². The molecule has 1 aromatic rings. The SMILES string of the molecule is CC1CN(C(=O)NCc2ccc(CS(N)(=O)=O)cc2)CC(C)O1. The largest absolute Gasteiger partial charge is 0.372 e. The van der Waals surface area contributed by atoms with Crippen molar-refractivity contribution in [3.63, 3.8) is 0 Å². The number of hydrogen-bond acceptors (Lipinski definition) is 4. The van der Waals surface area contributed by atoms with Gasteiger partial charge in [-0.25, -0.2) is 18.4 Å². The summed E-state index contributed by atoms with van der Waals surface area (Å²) in [5, 5.41) is 7.87. The van der Waals surface area contributed by atoms with Crippen molar-refractivity contribution in [3.8, 4) is 0 Å². The molecule has 2 unspecified atom stereocenters. The fourth-order valence-corrected chi connectivity index (χ4v) is 3.28. The summed E-state index contributed by atoms with van der Waals surface area (Å²) in [6, 6.07) is 6.84. The number of urea groups is 1. The number of carbonyl (C=O) groups is 1. The van der Waals surface area contributed by atoms with Crippen LogP contribution in [0.2, 0.25) is 0 Å². The normalized spacial score (nSPS) is 22.0. The summed E-state index contributed by atoms with van der Waals surface area (Å²) < 4.78 is 27.7. The summed E-state index contributed by atoms with van der Waals surface area (Å²) >= 11 is 0. The molecular formula is C15H23N3O4S. The molecule has 1 saturated heterocycles. The van der Waals surface area contributed by atoms with Crippen molar-refractivity contribution < 1.29 is 17.9 Å². The molecule has 23 heavy (non-hydrogen) atoms. The molecule has 7 nitrogen and oxygen atoms in total. The van der Waals surface area contributed by atoms with Crippen LogP contribution < -0.4 is 10.5 Å². The van der Waals surface area contributed by atoms with Gasteiger partial charge in [0.1, 0.15) is 0 Å². The number of nitrogens with zero attached hydrogens (tertiary/aromatic N) is 1. The van der Waals surface area contributed by atoms with Crippen LogP contribution in [-0.4, -0.2) is 44.6 Å². The number of rotatable bonds is 4. The molecule has 1 aliphatic heterocycles. The lowest BCUT2D eigenvalue weighted by molar-refractivity contribution is -0.0545. The van der Waals surface area contributed by atoms with Crippen LogP contribution in [0.5, 0.6) is 0 Å². The van der Waals surface area contributed by atoms with Gasteiger partial charge in [-0.1, -0.05) is 24.3 Å². The summed E-state index contributed by atoms with van der Waals surface area (Å²) in [5.74, 6) is -0.191. The number of carbonyl (C=O) groups excluding carboxylic acids is 1. The van der Waals surface area contributed by atoms with Crippen molar-refractivity contribution in [1.82, 2.24) is 10.2 Å². The van der Waals surface area contributed by atoms with Crippen molar-refractivity contribution >= 4 is 16.1 Å². The average Bonchev–Trinajstić information content (AvgIpc) is 2.43. The average molecular weight is 341 g/mol. The second-order valence-electron chi connectivity index (χ2n) is 5.94. The Kier molecular flexibility index (Phi) is 5.61. The lowest BCUT2D eigenvalue weighted by Crippen LogP contribution is -2.51. The van der Waals surface area contributed by atoms with Crippen LogP contribution in [0.3, 0.4) is 0 Å². The standard InChI is InChI=1S/C15H23N3O4S/c1-11-8-18(9-12(2)22-11)15(19)17-7-13-3-5-14(6-4-13)10-23(16,20)21/h3-6,11-12H,7-10H2,1-2H3,(H,17,19)(H2,16,20,21). The van der Waals surface area contributed by atoms with Crippen LogP contribution in [0.15, 0.2) is 24.3 Å². The predicted molar refractivity (Wildman–Crippen MR) is 87.1 cm³/mol. The third kappa shape index (κ3) is 5.81. The monoisotopic (exact) mass is 341 g/mol. The fourth-order valence-electron chi connectivity index (χ4n) is 2.62. The zero-order valence-corrected chi connectivity index (χ0v) is 14.2. The van der Waals surface area contributed by atoms with Crippen molar-refractivity contribution in [2.45, 2.75) is 38.4 Å². The van der Waals surface area contributed by atoms with Crippen LogP contribution in [0.25, 0.3) is 0 Å². The Balaban J connectivity index is 1.87. The number of primary sulfonamides is 1. The second-order valence-corrected chi connectivity index (χ2v) is 7.56. The second kappa shape index (κ2) is 7.29. The molecule has 2 rings (SSSR count). The van der Waals surface area contributed by atoms with Gasteiger partial charge in [0, 0.05) is 19.6 Å². The maximum atomic E-state index is 12.2. The topological polar surface area (TPSA) is 102 Å². The Morgan fingerprint density at radius 3 is 2.26 bits per heavy atom. The number of nitrogens with one attached hydrogen (secondary N) is 1. The van der Waals surface area contributed by atoms with E-state index in [1.807, 2.05) is 13.8 Å². The highest BCUT2D eigenvalue weighted by Crippen LogP contribution is 2.11. The van der Waals surface area contributed by atoms with E-state index in [4.69, 9.17) is 9.88 Å². The van der Waals surface area contributed by atoms with E-state index in [0.29, 0.717) is 25.2 Å². The van der Waals surface area contributed by atoms with Gasteiger partial charge in [-0.3, -0.25) is 0 Å². The molecule has 1 fully saturated rings. The van der Waals surface area contributed by atoms with E-state index in [-0.39, 0.29) is 24.0 Å². The van der Waals surface area contributed by atoms with Crippen LogP contribution >= 0.6 is 0 Å². The summed E-state index contributed by atoms with van der Waals surface area (Å²) in [6.45, 7) is 5.42. The Labute approximate surface area is 136 Å². The highest BCUT2D eigenvalue weighted by Gasteiger charge is 2.25. The molecule has 2 amide bonds. The Bertz CT molecular complexity index is 635. The summed E-state index contributed by atoms with van der Waals surface area (Å²) in [4.78, 5) is 13.9. The van der Waals surface area contributed by atoms with Gasteiger partial charge in [-0.15, -0.1) is 0 Å². The maximum Gasteiger partial charge on any atom is 0.317 e. The number of nitrogens with two attached hydrogens (primary N) is 1. The highest BCUT2D eigenvalue weighted by molar-refractivity contribution is 7.88. The molecule has 0 saturated carbocycles. The third-order valence-corrected chi connectivity index (χ3v) is 4.28. The van der Waals surface area contributed by atoms with Gasteiger partial charge in [0.2, 0.25) is 10.0 Å². The number of amides is 2.